The van der Waals surface area contributed by atoms with Gasteiger partial charge in [-0.1, -0.05) is 42.5 Å². The van der Waals surface area contributed by atoms with Gasteiger partial charge in [0.25, 0.3) is 5.91 Å². The molecular weight excluding hydrogens is 504 g/mol. The highest BCUT2D eigenvalue weighted by Crippen LogP contribution is 2.35. The first-order chi connectivity index (χ1) is 19.2. The van der Waals surface area contributed by atoms with Crippen molar-refractivity contribution in [1.82, 2.24) is 19.4 Å². The van der Waals surface area contributed by atoms with E-state index in [9.17, 15) is 4.79 Å². The summed E-state index contributed by atoms with van der Waals surface area (Å²) in [6, 6.07) is 26.1. The van der Waals surface area contributed by atoms with Crippen molar-refractivity contribution in [1.29, 1.82) is 5.26 Å². The van der Waals surface area contributed by atoms with Crippen LogP contribution in [-0.4, -0.2) is 49.9 Å². The Morgan fingerprint density at radius 3 is 2.62 bits per heavy atom. The summed E-state index contributed by atoms with van der Waals surface area (Å²) < 4.78 is 2.10. The predicted molar refractivity (Wildman–Crippen MR) is 157 cm³/mol. The maximum atomic E-state index is 13.6. The van der Waals surface area contributed by atoms with Gasteiger partial charge in [-0.3, -0.25) is 4.79 Å². The van der Waals surface area contributed by atoms with Crippen LogP contribution in [0.1, 0.15) is 27.3 Å². The Kier molecular flexibility index (Phi) is 7.07. The molecule has 0 saturated carbocycles. The standard InChI is InChI=1S/C31H28N6OS/c32-17-22-6-8-23(9-7-22)20-37-21-33-18-26(37)19-34-25-10-11-28-27(16-25)29(24-4-2-1-3-5-24)30(35-28)31(38)36-12-14-39-15-13-36/h1-11,16,18,21,34-35H,12-15,19-20H2. The number of nitrogens with one attached hydrogen (secondary N) is 2. The minimum Gasteiger partial charge on any atom is -0.379 e. The summed E-state index contributed by atoms with van der Waals surface area (Å²) in [6.07, 6.45) is 3.70. The molecule has 3 heterocycles. The Labute approximate surface area is 231 Å². The molecule has 2 N–H and O–H groups in total. The van der Waals surface area contributed by atoms with Gasteiger partial charge < -0.3 is 19.8 Å². The van der Waals surface area contributed by atoms with E-state index in [1.54, 1.807) is 0 Å². The average molecular weight is 533 g/mol. The van der Waals surface area contributed by atoms with Crippen molar-refractivity contribution in [2.75, 3.05) is 29.9 Å². The molecule has 5 aromatic rings. The Balaban J connectivity index is 1.27. The summed E-state index contributed by atoms with van der Waals surface area (Å²) >= 11 is 1.90. The smallest absolute Gasteiger partial charge is 0.271 e. The molecule has 1 saturated heterocycles. The SMILES string of the molecule is N#Cc1ccc(Cn2cncc2CNc2ccc3[nH]c(C(=O)N4CCSCC4)c(-c4ccccc4)c3c2)cc1. The van der Waals surface area contributed by atoms with E-state index in [-0.39, 0.29) is 5.91 Å². The number of anilines is 1. The Hall–Kier alpha value is -4.48. The molecule has 3 aromatic carbocycles. The lowest BCUT2D eigenvalue weighted by Crippen LogP contribution is -2.38. The number of benzene rings is 3. The fourth-order valence-corrected chi connectivity index (χ4v) is 5.91. The number of H-pyrrole nitrogens is 1. The molecule has 0 spiro atoms. The third-order valence-electron chi connectivity index (χ3n) is 7.08. The summed E-state index contributed by atoms with van der Waals surface area (Å²) in [5.41, 5.74) is 7.36. The van der Waals surface area contributed by atoms with Crippen molar-refractivity contribution in [3.8, 4) is 17.2 Å². The molecule has 0 aliphatic carbocycles. The van der Waals surface area contributed by atoms with E-state index in [1.165, 1.54) is 0 Å². The first-order valence-corrected chi connectivity index (χ1v) is 14.1. The molecule has 194 valence electrons. The van der Waals surface area contributed by atoms with Gasteiger partial charge in [0.15, 0.2) is 0 Å². The van der Waals surface area contributed by atoms with Crippen LogP contribution in [0.25, 0.3) is 22.0 Å². The van der Waals surface area contributed by atoms with E-state index in [0.717, 1.165) is 63.6 Å². The number of fused-ring (bicyclic) bond motifs is 1. The molecule has 0 bridgehead atoms. The van der Waals surface area contributed by atoms with Crippen LogP contribution >= 0.6 is 11.8 Å². The molecule has 2 aromatic heterocycles. The van der Waals surface area contributed by atoms with Crippen LogP contribution < -0.4 is 5.32 Å². The first-order valence-electron chi connectivity index (χ1n) is 13.0. The van der Waals surface area contributed by atoms with Gasteiger partial charge in [-0.2, -0.15) is 17.0 Å². The second-order valence-corrected chi connectivity index (χ2v) is 10.8. The highest BCUT2D eigenvalue weighted by Gasteiger charge is 2.25. The quantitative estimate of drug-likeness (QED) is 0.279. The molecule has 0 atom stereocenters. The number of hydrogen-bond donors (Lipinski definition) is 2. The van der Waals surface area contributed by atoms with Crippen molar-refractivity contribution >= 4 is 34.3 Å². The van der Waals surface area contributed by atoms with E-state index in [0.29, 0.717) is 24.3 Å². The fraction of sp³-hybridized carbons (Fsp3) is 0.194. The van der Waals surface area contributed by atoms with Crippen molar-refractivity contribution in [2.24, 2.45) is 0 Å². The lowest BCUT2D eigenvalue weighted by Gasteiger charge is -2.26. The molecule has 7 nitrogen and oxygen atoms in total. The second-order valence-electron chi connectivity index (χ2n) is 9.58. The Morgan fingerprint density at radius 2 is 1.85 bits per heavy atom. The van der Waals surface area contributed by atoms with E-state index in [4.69, 9.17) is 5.26 Å². The Morgan fingerprint density at radius 1 is 1.05 bits per heavy atom. The minimum atomic E-state index is 0.0616. The van der Waals surface area contributed by atoms with Gasteiger partial charge in [-0.25, -0.2) is 4.98 Å². The Bertz CT molecular complexity index is 1640. The summed E-state index contributed by atoms with van der Waals surface area (Å²) in [7, 11) is 0. The van der Waals surface area contributed by atoms with Crippen LogP contribution in [0.5, 0.6) is 0 Å². The number of nitriles is 1. The van der Waals surface area contributed by atoms with Gasteiger partial charge >= 0.3 is 0 Å². The lowest BCUT2D eigenvalue weighted by atomic mass is 10.0. The normalized spacial score (nSPS) is 13.4. The molecule has 1 aliphatic rings. The number of hydrogen-bond acceptors (Lipinski definition) is 5. The maximum Gasteiger partial charge on any atom is 0.271 e. The van der Waals surface area contributed by atoms with E-state index < -0.39 is 0 Å². The molecule has 1 aliphatic heterocycles. The maximum absolute atomic E-state index is 13.6. The molecule has 0 radical (unpaired) electrons. The highest BCUT2D eigenvalue weighted by atomic mass is 32.2. The summed E-state index contributed by atoms with van der Waals surface area (Å²) in [5, 5.41) is 13.6. The number of aromatic nitrogens is 3. The van der Waals surface area contributed by atoms with E-state index >= 15 is 0 Å². The molecular formula is C31H28N6OS. The zero-order valence-electron chi connectivity index (χ0n) is 21.4. The van der Waals surface area contributed by atoms with Gasteiger partial charge in [-0.05, 0) is 41.5 Å². The largest absolute Gasteiger partial charge is 0.379 e. The molecule has 8 heteroatoms. The molecule has 1 amide bonds. The van der Waals surface area contributed by atoms with E-state index in [1.807, 2.05) is 83.8 Å². The summed E-state index contributed by atoms with van der Waals surface area (Å²) in [5.74, 6) is 2.01. The predicted octanol–water partition coefficient (Wildman–Crippen LogP) is 5.75. The molecule has 39 heavy (non-hydrogen) atoms. The van der Waals surface area contributed by atoms with Crippen LogP contribution in [-0.2, 0) is 13.1 Å². The van der Waals surface area contributed by atoms with E-state index in [2.05, 4.69) is 44.1 Å². The van der Waals surface area contributed by atoms with Gasteiger partial charge in [0, 0.05) is 59.5 Å². The minimum absolute atomic E-state index is 0.0616. The third kappa shape index (κ3) is 5.27. The van der Waals surface area contributed by atoms with Gasteiger partial charge in [0.05, 0.1) is 30.2 Å². The third-order valence-corrected chi connectivity index (χ3v) is 8.02. The number of imidazole rings is 1. The lowest BCUT2D eigenvalue weighted by molar-refractivity contribution is 0.0768. The summed E-state index contributed by atoms with van der Waals surface area (Å²) in [4.78, 5) is 23.4. The van der Waals surface area contributed by atoms with Crippen molar-refractivity contribution in [2.45, 2.75) is 13.1 Å². The van der Waals surface area contributed by atoms with Crippen molar-refractivity contribution in [3.05, 3.63) is 108 Å². The topological polar surface area (TPSA) is 89.7 Å². The number of carbonyl (C=O) groups excluding carboxylic acids is 1. The molecule has 1 fully saturated rings. The second kappa shape index (κ2) is 11.1. The van der Waals surface area contributed by atoms with Crippen molar-refractivity contribution in [3.63, 3.8) is 0 Å². The van der Waals surface area contributed by atoms with Gasteiger partial charge in [0.2, 0.25) is 0 Å². The monoisotopic (exact) mass is 532 g/mol. The average Bonchev–Trinajstić information content (AvgIpc) is 3.60. The van der Waals surface area contributed by atoms with Gasteiger partial charge in [0.1, 0.15) is 5.69 Å². The molecule has 6 rings (SSSR count). The van der Waals surface area contributed by atoms with Crippen LogP contribution in [0.2, 0.25) is 0 Å². The number of amides is 1. The van der Waals surface area contributed by atoms with Crippen LogP contribution in [0.3, 0.4) is 0 Å². The van der Waals surface area contributed by atoms with Crippen LogP contribution in [0.15, 0.2) is 85.3 Å². The number of carbonyl (C=O) groups is 1. The van der Waals surface area contributed by atoms with Crippen molar-refractivity contribution < 1.29 is 4.79 Å². The number of thioether (sulfide) groups is 1. The summed E-state index contributed by atoms with van der Waals surface area (Å²) in [6.45, 7) is 2.83. The zero-order chi connectivity index (χ0) is 26.6. The highest BCUT2D eigenvalue weighted by molar-refractivity contribution is 7.99. The van der Waals surface area contributed by atoms with Crippen LogP contribution in [0.4, 0.5) is 5.69 Å². The number of aromatic amines is 1. The number of rotatable bonds is 7. The van der Waals surface area contributed by atoms with Crippen LogP contribution in [0, 0.1) is 11.3 Å². The fourth-order valence-electron chi connectivity index (χ4n) is 5.00. The zero-order valence-corrected chi connectivity index (χ0v) is 22.2. The number of nitrogens with zero attached hydrogens (tertiary/aromatic N) is 4. The first kappa shape index (κ1) is 24.8. The molecule has 0 unspecified atom stereocenters. The van der Waals surface area contributed by atoms with Gasteiger partial charge in [-0.15, -0.1) is 0 Å².